The molecule has 0 radical (unpaired) electrons. The molecule has 4 rings (SSSR count). The normalized spacial score (nSPS) is 15.0. The maximum Gasteiger partial charge on any atom is 0.326 e. The second-order valence-electron chi connectivity index (χ2n) is 3.93. The molecule has 16 heavy (non-hydrogen) atoms. The van der Waals surface area contributed by atoms with Crippen LogP contribution in [0.4, 0.5) is 0 Å². The zero-order chi connectivity index (χ0) is 10.7. The van der Waals surface area contributed by atoms with E-state index in [0.717, 1.165) is 28.3 Å². The van der Waals surface area contributed by atoms with Gasteiger partial charge in [0.05, 0.1) is 12.2 Å². The molecule has 1 aromatic heterocycles. The lowest BCUT2D eigenvalue weighted by atomic mass is 10.1. The molecule has 1 aromatic carbocycles. The van der Waals surface area contributed by atoms with Gasteiger partial charge in [-0.25, -0.2) is 4.79 Å². The van der Waals surface area contributed by atoms with Crippen molar-refractivity contribution in [3.63, 3.8) is 0 Å². The molecule has 3 heterocycles. The lowest BCUT2D eigenvalue weighted by Crippen LogP contribution is -2.14. The van der Waals surface area contributed by atoms with Crippen LogP contribution in [0.15, 0.2) is 23.1 Å². The van der Waals surface area contributed by atoms with Crippen LogP contribution in [0.3, 0.4) is 0 Å². The van der Waals surface area contributed by atoms with Crippen molar-refractivity contribution in [2.75, 3.05) is 6.79 Å². The maximum atomic E-state index is 11.5. The van der Waals surface area contributed by atoms with Crippen molar-refractivity contribution in [1.29, 1.82) is 0 Å². The molecule has 5 heteroatoms. The molecule has 0 amide bonds. The summed E-state index contributed by atoms with van der Waals surface area (Å²) >= 11 is 0. The van der Waals surface area contributed by atoms with E-state index in [9.17, 15) is 4.79 Å². The molecule has 0 saturated carbocycles. The first-order valence-electron chi connectivity index (χ1n) is 5.04. The predicted octanol–water partition coefficient (Wildman–Crippen LogP) is 0.934. The summed E-state index contributed by atoms with van der Waals surface area (Å²) in [6, 6.07) is 3.88. The Hall–Kier alpha value is -2.17. The van der Waals surface area contributed by atoms with Crippen LogP contribution in [0.2, 0.25) is 0 Å². The summed E-state index contributed by atoms with van der Waals surface area (Å²) in [4.78, 5) is 14.2. The van der Waals surface area contributed by atoms with Crippen LogP contribution in [0.25, 0.3) is 11.3 Å². The lowest BCUT2D eigenvalue weighted by molar-refractivity contribution is 0.174. The number of aromatic nitrogens is 2. The second kappa shape index (κ2) is 2.49. The number of hydrogen-bond donors (Lipinski definition) is 1. The minimum absolute atomic E-state index is 0.0757. The topological polar surface area (TPSA) is 56.2 Å². The third kappa shape index (κ3) is 0.832. The van der Waals surface area contributed by atoms with Crippen LogP contribution in [-0.2, 0) is 6.54 Å². The van der Waals surface area contributed by atoms with Gasteiger partial charge in [-0.2, -0.15) is 0 Å². The number of fused-ring (bicyclic) bond motifs is 4. The average molecular weight is 216 g/mol. The highest BCUT2D eigenvalue weighted by molar-refractivity contribution is 5.71. The fourth-order valence-corrected chi connectivity index (χ4v) is 2.30. The number of nitrogens with one attached hydrogen (secondary N) is 1. The highest BCUT2D eigenvalue weighted by atomic mass is 16.7. The van der Waals surface area contributed by atoms with Crippen LogP contribution in [0.5, 0.6) is 11.5 Å². The molecule has 0 atom stereocenters. The predicted molar refractivity (Wildman–Crippen MR) is 55.7 cm³/mol. The number of H-pyrrole nitrogens is 1. The molecule has 80 valence electrons. The number of benzene rings is 1. The van der Waals surface area contributed by atoms with E-state index in [1.165, 1.54) is 0 Å². The Balaban J connectivity index is 2.01. The average Bonchev–Trinajstić information content (AvgIpc) is 2.92. The number of hydrogen-bond acceptors (Lipinski definition) is 3. The highest BCUT2D eigenvalue weighted by Gasteiger charge is 2.25. The SMILES string of the molecule is O=c1[nH]cc2n1Cc1cc3c(cc1-2)OCO3. The van der Waals surface area contributed by atoms with Gasteiger partial charge >= 0.3 is 5.69 Å². The number of nitrogens with zero attached hydrogens (tertiary/aromatic N) is 1. The largest absolute Gasteiger partial charge is 0.454 e. The summed E-state index contributed by atoms with van der Waals surface area (Å²) in [6.07, 6.45) is 1.73. The molecule has 5 nitrogen and oxygen atoms in total. The Morgan fingerprint density at radius 3 is 2.94 bits per heavy atom. The summed E-state index contributed by atoms with van der Waals surface area (Å²) in [5.41, 5.74) is 2.99. The molecule has 0 unspecified atom stereocenters. The van der Waals surface area contributed by atoms with Gasteiger partial charge < -0.3 is 14.5 Å². The van der Waals surface area contributed by atoms with Crippen molar-refractivity contribution in [3.05, 3.63) is 34.4 Å². The molecular formula is C11H8N2O3. The van der Waals surface area contributed by atoms with E-state index in [2.05, 4.69) is 4.98 Å². The molecule has 0 bridgehead atoms. The van der Waals surface area contributed by atoms with Crippen LogP contribution < -0.4 is 15.2 Å². The summed E-state index contributed by atoms with van der Waals surface area (Å²) < 4.78 is 12.3. The first-order chi connectivity index (χ1) is 7.83. The summed E-state index contributed by atoms with van der Waals surface area (Å²) in [5.74, 6) is 1.52. The van der Waals surface area contributed by atoms with E-state index >= 15 is 0 Å². The van der Waals surface area contributed by atoms with Gasteiger partial charge in [-0.1, -0.05) is 0 Å². The Bertz CT molecular complexity index is 654. The van der Waals surface area contributed by atoms with E-state index in [0.29, 0.717) is 6.54 Å². The zero-order valence-corrected chi connectivity index (χ0v) is 8.32. The second-order valence-corrected chi connectivity index (χ2v) is 3.93. The molecule has 0 fully saturated rings. The van der Waals surface area contributed by atoms with Crippen molar-refractivity contribution >= 4 is 0 Å². The van der Waals surface area contributed by atoms with Crippen molar-refractivity contribution < 1.29 is 9.47 Å². The van der Waals surface area contributed by atoms with Crippen LogP contribution >= 0.6 is 0 Å². The van der Waals surface area contributed by atoms with Gasteiger partial charge in [0.1, 0.15) is 0 Å². The van der Waals surface area contributed by atoms with E-state index in [1.54, 1.807) is 10.8 Å². The lowest BCUT2D eigenvalue weighted by Gasteiger charge is -2.00. The van der Waals surface area contributed by atoms with Crippen molar-refractivity contribution in [2.24, 2.45) is 0 Å². The minimum atomic E-state index is -0.0757. The van der Waals surface area contributed by atoms with E-state index < -0.39 is 0 Å². The monoisotopic (exact) mass is 216 g/mol. The van der Waals surface area contributed by atoms with Crippen molar-refractivity contribution in [2.45, 2.75) is 6.54 Å². The molecule has 1 N–H and O–H groups in total. The van der Waals surface area contributed by atoms with Crippen LogP contribution in [0.1, 0.15) is 5.56 Å². The molecule has 2 aliphatic rings. The third-order valence-corrected chi connectivity index (χ3v) is 3.07. The third-order valence-electron chi connectivity index (χ3n) is 3.07. The van der Waals surface area contributed by atoms with Crippen LogP contribution in [-0.4, -0.2) is 16.3 Å². The van der Waals surface area contributed by atoms with Gasteiger partial charge in [-0.3, -0.25) is 4.57 Å². The number of imidazole rings is 1. The zero-order valence-electron chi connectivity index (χ0n) is 8.32. The van der Waals surface area contributed by atoms with Crippen LogP contribution in [0, 0.1) is 0 Å². The first kappa shape index (κ1) is 8.04. The van der Waals surface area contributed by atoms with E-state index in [1.807, 2.05) is 12.1 Å². The van der Waals surface area contributed by atoms with Gasteiger partial charge in [0.15, 0.2) is 11.5 Å². The Morgan fingerprint density at radius 2 is 2.06 bits per heavy atom. The van der Waals surface area contributed by atoms with Crippen molar-refractivity contribution in [1.82, 2.24) is 9.55 Å². The molecule has 2 aliphatic heterocycles. The Kier molecular flexibility index (Phi) is 1.25. The first-order valence-corrected chi connectivity index (χ1v) is 5.04. The van der Waals surface area contributed by atoms with Gasteiger partial charge in [-0.05, 0) is 17.7 Å². The molecule has 0 spiro atoms. The smallest absolute Gasteiger partial charge is 0.326 e. The number of aromatic amines is 1. The Labute approximate surface area is 90.2 Å². The minimum Gasteiger partial charge on any atom is -0.454 e. The fourth-order valence-electron chi connectivity index (χ4n) is 2.30. The quantitative estimate of drug-likeness (QED) is 0.608. The summed E-state index contributed by atoms with van der Waals surface area (Å²) in [6.45, 7) is 0.877. The van der Waals surface area contributed by atoms with Gasteiger partial charge in [0, 0.05) is 11.8 Å². The van der Waals surface area contributed by atoms with Crippen molar-refractivity contribution in [3.8, 4) is 22.8 Å². The number of ether oxygens (including phenoxy) is 2. The fraction of sp³-hybridized carbons (Fsp3) is 0.182. The molecule has 2 aromatic rings. The Morgan fingerprint density at radius 1 is 1.25 bits per heavy atom. The van der Waals surface area contributed by atoms with Gasteiger partial charge in [-0.15, -0.1) is 0 Å². The standard InChI is InChI=1S/C11H8N2O3/c14-11-12-3-8-7-2-10-9(15-5-16-10)1-6(7)4-13(8)11/h1-3H,4-5H2,(H,12,14). The summed E-state index contributed by atoms with van der Waals surface area (Å²) in [7, 11) is 0. The number of rotatable bonds is 0. The van der Waals surface area contributed by atoms with Gasteiger partial charge in [0.2, 0.25) is 6.79 Å². The van der Waals surface area contributed by atoms with E-state index in [-0.39, 0.29) is 12.5 Å². The molecule has 0 aliphatic carbocycles. The highest BCUT2D eigenvalue weighted by Crippen LogP contribution is 2.41. The molecule has 0 saturated heterocycles. The summed E-state index contributed by atoms with van der Waals surface area (Å²) in [5, 5.41) is 0. The van der Waals surface area contributed by atoms with E-state index in [4.69, 9.17) is 9.47 Å². The maximum absolute atomic E-state index is 11.5. The van der Waals surface area contributed by atoms with Gasteiger partial charge in [0.25, 0.3) is 0 Å². The molecular weight excluding hydrogens is 208 g/mol.